The predicted octanol–water partition coefficient (Wildman–Crippen LogP) is 5.69. The number of pyridine rings is 1. The zero-order valence-corrected chi connectivity index (χ0v) is 18.7. The minimum atomic E-state index is -0.462. The molecule has 32 heavy (non-hydrogen) atoms. The summed E-state index contributed by atoms with van der Waals surface area (Å²) in [7, 11) is 1.60. The normalized spacial score (nSPS) is 12.5. The molecule has 8 heteroatoms. The second-order valence-corrected chi connectivity index (χ2v) is 8.15. The Balaban J connectivity index is 1.81. The Hall–Kier alpha value is -3.58. The number of rotatable bonds is 4. The van der Waals surface area contributed by atoms with E-state index in [0.717, 1.165) is 27.8 Å². The molecule has 0 amide bonds. The highest BCUT2D eigenvalue weighted by Gasteiger charge is 2.23. The van der Waals surface area contributed by atoms with Gasteiger partial charge in [-0.1, -0.05) is 28.9 Å². The molecule has 5 rings (SSSR count). The van der Waals surface area contributed by atoms with Gasteiger partial charge in [-0.05, 0) is 50.6 Å². The van der Waals surface area contributed by atoms with E-state index in [-0.39, 0.29) is 6.04 Å². The molecule has 0 aliphatic carbocycles. The van der Waals surface area contributed by atoms with Crippen LogP contribution < -0.4 is 10.5 Å². The van der Waals surface area contributed by atoms with Gasteiger partial charge in [0.25, 0.3) is 0 Å². The van der Waals surface area contributed by atoms with Crippen LogP contribution >= 0.6 is 11.6 Å². The summed E-state index contributed by atoms with van der Waals surface area (Å²) in [6.07, 6.45) is 1.57. The summed E-state index contributed by atoms with van der Waals surface area (Å²) in [6.45, 7) is 5.67. The molecular formula is C24H20ClN3O4. The first-order valence-corrected chi connectivity index (χ1v) is 10.5. The van der Waals surface area contributed by atoms with Crippen molar-refractivity contribution in [1.82, 2.24) is 14.7 Å². The number of aryl methyl sites for hydroxylation is 2. The summed E-state index contributed by atoms with van der Waals surface area (Å²) in [6, 6.07) is 10.9. The molecule has 7 nitrogen and oxygen atoms in total. The summed E-state index contributed by atoms with van der Waals surface area (Å²) < 4.78 is 18.2. The molecule has 0 aliphatic rings. The van der Waals surface area contributed by atoms with Crippen LogP contribution in [0.2, 0.25) is 5.02 Å². The van der Waals surface area contributed by atoms with Crippen LogP contribution in [0, 0.1) is 13.8 Å². The Kier molecular flexibility index (Phi) is 4.78. The highest BCUT2D eigenvalue weighted by Crippen LogP contribution is 2.39. The first-order chi connectivity index (χ1) is 15.4. The van der Waals surface area contributed by atoms with Gasteiger partial charge < -0.3 is 13.7 Å². The molecule has 162 valence electrons. The number of halogens is 1. The van der Waals surface area contributed by atoms with Crippen LogP contribution in [-0.2, 0) is 0 Å². The maximum absolute atomic E-state index is 12.9. The SMILES string of the molecule is COc1cc2c(cc1-c1c(C)noc1C)ncc1oc(=O)n(C(C)c3cccc(Cl)c3)c12. The maximum atomic E-state index is 12.9. The fourth-order valence-corrected chi connectivity index (χ4v) is 4.44. The monoisotopic (exact) mass is 449 g/mol. The molecule has 0 radical (unpaired) electrons. The van der Waals surface area contributed by atoms with Gasteiger partial charge in [-0.25, -0.2) is 4.79 Å². The zero-order chi connectivity index (χ0) is 22.6. The summed E-state index contributed by atoms with van der Waals surface area (Å²) in [5.74, 6) is 0.850. The Morgan fingerprint density at radius 2 is 2.00 bits per heavy atom. The van der Waals surface area contributed by atoms with E-state index < -0.39 is 5.76 Å². The van der Waals surface area contributed by atoms with Crippen molar-refractivity contribution in [3.05, 3.63) is 75.2 Å². The van der Waals surface area contributed by atoms with Crippen LogP contribution in [0.5, 0.6) is 5.75 Å². The molecule has 2 aromatic carbocycles. The van der Waals surface area contributed by atoms with Crippen molar-refractivity contribution >= 4 is 33.6 Å². The van der Waals surface area contributed by atoms with Gasteiger partial charge in [-0.2, -0.15) is 0 Å². The zero-order valence-electron chi connectivity index (χ0n) is 18.0. The van der Waals surface area contributed by atoms with Crippen molar-refractivity contribution in [2.75, 3.05) is 7.11 Å². The lowest BCUT2D eigenvalue weighted by Gasteiger charge is -2.15. The fraction of sp³-hybridized carbons (Fsp3) is 0.208. The molecule has 0 fully saturated rings. The highest BCUT2D eigenvalue weighted by atomic mass is 35.5. The molecule has 3 heterocycles. The Bertz CT molecular complexity index is 1530. The molecule has 0 spiro atoms. The number of hydrogen-bond acceptors (Lipinski definition) is 6. The number of nitrogens with zero attached hydrogens (tertiary/aromatic N) is 3. The second-order valence-electron chi connectivity index (χ2n) is 7.71. The van der Waals surface area contributed by atoms with E-state index in [4.69, 9.17) is 25.3 Å². The predicted molar refractivity (Wildman–Crippen MR) is 123 cm³/mol. The van der Waals surface area contributed by atoms with Crippen molar-refractivity contribution < 1.29 is 13.7 Å². The van der Waals surface area contributed by atoms with Gasteiger partial charge in [-0.3, -0.25) is 9.55 Å². The molecule has 3 aromatic heterocycles. The Morgan fingerprint density at radius 1 is 1.19 bits per heavy atom. The largest absolute Gasteiger partial charge is 0.496 e. The van der Waals surface area contributed by atoms with Crippen molar-refractivity contribution in [2.24, 2.45) is 0 Å². The molecule has 5 aromatic rings. The van der Waals surface area contributed by atoms with Crippen LogP contribution in [0.25, 0.3) is 33.1 Å². The first kappa shape index (κ1) is 20.3. The number of benzene rings is 2. The minimum Gasteiger partial charge on any atom is -0.496 e. The molecule has 0 bridgehead atoms. The summed E-state index contributed by atoms with van der Waals surface area (Å²) in [5.41, 5.74) is 5.09. The van der Waals surface area contributed by atoms with Gasteiger partial charge >= 0.3 is 5.76 Å². The molecule has 0 N–H and O–H groups in total. The van der Waals surface area contributed by atoms with Gasteiger partial charge in [0, 0.05) is 16.0 Å². The van der Waals surface area contributed by atoms with Gasteiger partial charge in [0.2, 0.25) is 0 Å². The molecule has 0 saturated carbocycles. The van der Waals surface area contributed by atoms with Crippen LogP contribution in [-0.4, -0.2) is 21.8 Å². The quantitative estimate of drug-likeness (QED) is 0.350. The molecular weight excluding hydrogens is 430 g/mol. The summed E-state index contributed by atoms with van der Waals surface area (Å²) in [4.78, 5) is 17.4. The van der Waals surface area contributed by atoms with E-state index in [2.05, 4.69) is 10.1 Å². The average Bonchev–Trinajstić information content (AvgIpc) is 3.30. The number of hydrogen-bond donors (Lipinski definition) is 0. The first-order valence-electron chi connectivity index (χ1n) is 10.1. The van der Waals surface area contributed by atoms with E-state index in [1.54, 1.807) is 23.9 Å². The lowest BCUT2D eigenvalue weighted by molar-refractivity contribution is 0.393. The van der Waals surface area contributed by atoms with E-state index in [9.17, 15) is 4.79 Å². The number of fused-ring (bicyclic) bond motifs is 3. The second kappa shape index (κ2) is 7.53. The Labute approximate surface area is 188 Å². The number of methoxy groups -OCH3 is 1. The third kappa shape index (κ3) is 3.08. The van der Waals surface area contributed by atoms with Gasteiger partial charge in [0.05, 0.1) is 36.1 Å². The van der Waals surface area contributed by atoms with Gasteiger partial charge in [-0.15, -0.1) is 0 Å². The van der Waals surface area contributed by atoms with Crippen LogP contribution in [0.1, 0.15) is 30.0 Å². The third-order valence-electron chi connectivity index (χ3n) is 5.78. The summed E-state index contributed by atoms with van der Waals surface area (Å²) in [5, 5.41) is 5.41. The number of ether oxygens (including phenoxy) is 1. The average molecular weight is 450 g/mol. The lowest BCUT2D eigenvalue weighted by Crippen LogP contribution is -2.19. The van der Waals surface area contributed by atoms with Crippen LogP contribution in [0.3, 0.4) is 0 Å². The van der Waals surface area contributed by atoms with Crippen LogP contribution in [0.4, 0.5) is 0 Å². The highest BCUT2D eigenvalue weighted by molar-refractivity contribution is 6.30. The topological polar surface area (TPSA) is 83.3 Å². The van der Waals surface area contributed by atoms with Crippen molar-refractivity contribution in [2.45, 2.75) is 26.8 Å². The molecule has 0 saturated heterocycles. The summed E-state index contributed by atoms with van der Waals surface area (Å²) >= 11 is 6.18. The number of oxazole rings is 1. The fourth-order valence-electron chi connectivity index (χ4n) is 4.24. The van der Waals surface area contributed by atoms with Crippen molar-refractivity contribution in [3.8, 4) is 16.9 Å². The van der Waals surface area contributed by atoms with E-state index in [1.807, 2.05) is 51.1 Å². The van der Waals surface area contributed by atoms with Crippen molar-refractivity contribution in [1.29, 1.82) is 0 Å². The van der Waals surface area contributed by atoms with Crippen molar-refractivity contribution in [3.63, 3.8) is 0 Å². The van der Waals surface area contributed by atoms with Gasteiger partial charge in [0.1, 0.15) is 17.0 Å². The number of aromatic nitrogens is 3. The van der Waals surface area contributed by atoms with Crippen LogP contribution in [0.15, 0.2) is 56.3 Å². The minimum absolute atomic E-state index is 0.304. The molecule has 0 aliphatic heterocycles. The van der Waals surface area contributed by atoms with Gasteiger partial charge in [0.15, 0.2) is 5.58 Å². The standard InChI is InChI=1S/C24H20ClN3O4/c1-12-22(14(3)32-27-12)18-9-19-17(10-20(18)30-4)23-21(11-26-19)31-24(29)28(23)13(2)15-6-5-7-16(25)8-15/h5-11,13H,1-4H3. The van der Waals surface area contributed by atoms with E-state index in [1.165, 1.54) is 0 Å². The molecule has 1 atom stereocenters. The van der Waals surface area contributed by atoms with E-state index in [0.29, 0.717) is 33.1 Å². The lowest BCUT2D eigenvalue weighted by atomic mass is 10.00. The maximum Gasteiger partial charge on any atom is 0.420 e. The van der Waals surface area contributed by atoms with E-state index >= 15 is 0 Å². The Morgan fingerprint density at radius 3 is 2.69 bits per heavy atom. The third-order valence-corrected chi connectivity index (χ3v) is 6.02. The smallest absolute Gasteiger partial charge is 0.420 e. The molecule has 1 unspecified atom stereocenters.